The van der Waals surface area contributed by atoms with E-state index in [-0.39, 0.29) is 0 Å². The smallest absolute Gasteiger partial charge is 0.00385 e. The number of rotatable bonds is 3. The van der Waals surface area contributed by atoms with Crippen LogP contribution in [-0.4, -0.2) is 24.0 Å². The van der Waals surface area contributed by atoms with Crippen molar-refractivity contribution in [3.8, 4) is 0 Å². The fraction of sp³-hybridized carbons (Fsp3) is 1.00. The average molecular weight is 185 g/mol. The highest BCUT2D eigenvalue weighted by Gasteiger charge is 2.13. The Morgan fingerprint density at radius 3 is 1.62 bits per heavy atom. The zero-order chi connectivity index (χ0) is 10.1. The van der Waals surface area contributed by atoms with Gasteiger partial charge in [0.1, 0.15) is 0 Å². The Kier molecular flexibility index (Phi) is 8.53. The standard InChI is InChI=1S/C7H15N.C5H12/c1-7(2)8-5-3-4-6-8;1-3-5-4-2/h7H,3-6H2,1-2H3;3-5H2,1-2H3. The van der Waals surface area contributed by atoms with Gasteiger partial charge in [0.25, 0.3) is 0 Å². The number of hydrogen-bond acceptors (Lipinski definition) is 1. The third-order valence-electron chi connectivity index (χ3n) is 2.58. The maximum atomic E-state index is 2.53. The zero-order valence-corrected chi connectivity index (χ0v) is 9.97. The summed E-state index contributed by atoms with van der Waals surface area (Å²) >= 11 is 0. The molecule has 80 valence electrons. The van der Waals surface area contributed by atoms with Crippen molar-refractivity contribution in [2.45, 2.75) is 65.8 Å². The molecule has 0 amide bonds. The largest absolute Gasteiger partial charge is 0.301 e. The van der Waals surface area contributed by atoms with Crippen LogP contribution in [-0.2, 0) is 0 Å². The van der Waals surface area contributed by atoms with Gasteiger partial charge in [0, 0.05) is 6.04 Å². The van der Waals surface area contributed by atoms with E-state index in [0.717, 1.165) is 6.04 Å². The first-order chi connectivity index (χ1) is 6.22. The van der Waals surface area contributed by atoms with Gasteiger partial charge in [0.2, 0.25) is 0 Å². The summed E-state index contributed by atoms with van der Waals surface area (Å²) in [4.78, 5) is 2.53. The Bertz CT molecular complexity index is 91.3. The molecule has 0 bridgehead atoms. The van der Waals surface area contributed by atoms with Crippen LogP contribution in [0, 0.1) is 0 Å². The molecule has 1 aliphatic heterocycles. The Morgan fingerprint density at radius 1 is 1.00 bits per heavy atom. The Morgan fingerprint density at radius 2 is 1.46 bits per heavy atom. The van der Waals surface area contributed by atoms with E-state index >= 15 is 0 Å². The monoisotopic (exact) mass is 185 g/mol. The van der Waals surface area contributed by atoms with Crippen LogP contribution < -0.4 is 0 Å². The van der Waals surface area contributed by atoms with Gasteiger partial charge in [-0.25, -0.2) is 0 Å². The predicted molar refractivity (Wildman–Crippen MR) is 61.1 cm³/mol. The van der Waals surface area contributed by atoms with Gasteiger partial charge in [-0.1, -0.05) is 33.1 Å². The minimum atomic E-state index is 0.775. The zero-order valence-electron chi connectivity index (χ0n) is 9.97. The van der Waals surface area contributed by atoms with Gasteiger partial charge in [-0.05, 0) is 39.8 Å². The van der Waals surface area contributed by atoms with E-state index in [9.17, 15) is 0 Å². The summed E-state index contributed by atoms with van der Waals surface area (Å²) in [7, 11) is 0. The van der Waals surface area contributed by atoms with Gasteiger partial charge in [-0.2, -0.15) is 0 Å². The molecule has 1 rings (SSSR count). The molecule has 0 saturated carbocycles. The first-order valence-corrected chi connectivity index (χ1v) is 5.96. The second kappa shape index (κ2) is 8.55. The molecule has 1 fully saturated rings. The lowest BCUT2D eigenvalue weighted by atomic mass is 10.3. The van der Waals surface area contributed by atoms with E-state index in [0.29, 0.717) is 0 Å². The van der Waals surface area contributed by atoms with Crippen molar-refractivity contribution in [1.29, 1.82) is 0 Å². The van der Waals surface area contributed by atoms with Crippen molar-refractivity contribution in [3.05, 3.63) is 0 Å². The highest BCUT2D eigenvalue weighted by atomic mass is 15.2. The van der Waals surface area contributed by atoms with Crippen molar-refractivity contribution >= 4 is 0 Å². The molecule has 0 N–H and O–H groups in total. The summed E-state index contributed by atoms with van der Waals surface area (Å²) in [5.41, 5.74) is 0. The molecule has 1 heteroatoms. The molecule has 0 aromatic carbocycles. The number of hydrogen-bond donors (Lipinski definition) is 0. The highest BCUT2D eigenvalue weighted by molar-refractivity contribution is 4.68. The van der Waals surface area contributed by atoms with Crippen molar-refractivity contribution in [3.63, 3.8) is 0 Å². The molecule has 13 heavy (non-hydrogen) atoms. The number of unbranched alkanes of at least 4 members (excludes halogenated alkanes) is 2. The normalized spacial score (nSPS) is 17.3. The number of nitrogens with zero attached hydrogens (tertiary/aromatic N) is 1. The first kappa shape index (κ1) is 13.0. The van der Waals surface area contributed by atoms with Crippen LogP contribution in [0.2, 0.25) is 0 Å². The van der Waals surface area contributed by atoms with Crippen LogP contribution >= 0.6 is 0 Å². The third-order valence-corrected chi connectivity index (χ3v) is 2.58. The molecular formula is C12H27N. The molecule has 0 aromatic rings. The Hall–Kier alpha value is -0.0400. The molecule has 1 heterocycles. The van der Waals surface area contributed by atoms with Crippen LogP contribution in [0.25, 0.3) is 0 Å². The molecule has 0 aliphatic carbocycles. The van der Waals surface area contributed by atoms with Gasteiger partial charge in [-0.15, -0.1) is 0 Å². The fourth-order valence-electron chi connectivity index (χ4n) is 1.61. The van der Waals surface area contributed by atoms with Crippen molar-refractivity contribution in [2.75, 3.05) is 13.1 Å². The van der Waals surface area contributed by atoms with Gasteiger partial charge in [0.05, 0.1) is 0 Å². The van der Waals surface area contributed by atoms with Crippen LogP contribution in [0.15, 0.2) is 0 Å². The van der Waals surface area contributed by atoms with Gasteiger partial charge < -0.3 is 4.90 Å². The van der Waals surface area contributed by atoms with Crippen molar-refractivity contribution in [2.24, 2.45) is 0 Å². The highest BCUT2D eigenvalue weighted by Crippen LogP contribution is 2.09. The molecule has 0 spiro atoms. The predicted octanol–water partition coefficient (Wildman–Crippen LogP) is 3.69. The SMILES string of the molecule is CC(C)N1CCCC1.CCCCC. The minimum Gasteiger partial charge on any atom is -0.301 e. The summed E-state index contributed by atoms with van der Waals surface area (Å²) in [6.07, 6.45) is 6.91. The summed E-state index contributed by atoms with van der Waals surface area (Å²) in [5.74, 6) is 0. The molecule has 0 radical (unpaired) electrons. The summed E-state index contributed by atoms with van der Waals surface area (Å²) < 4.78 is 0. The number of likely N-dealkylation sites (tertiary alicyclic amines) is 1. The van der Waals surface area contributed by atoms with Crippen LogP contribution in [0.4, 0.5) is 0 Å². The van der Waals surface area contributed by atoms with Crippen molar-refractivity contribution in [1.82, 2.24) is 4.90 Å². The maximum absolute atomic E-state index is 2.53. The van der Waals surface area contributed by atoms with Crippen LogP contribution in [0.3, 0.4) is 0 Å². The Labute approximate surface area is 84.5 Å². The molecule has 0 atom stereocenters. The van der Waals surface area contributed by atoms with Crippen molar-refractivity contribution < 1.29 is 0 Å². The van der Waals surface area contributed by atoms with Crippen LogP contribution in [0.5, 0.6) is 0 Å². The molecule has 1 saturated heterocycles. The van der Waals surface area contributed by atoms with E-state index in [4.69, 9.17) is 0 Å². The van der Waals surface area contributed by atoms with Gasteiger partial charge in [-0.3, -0.25) is 0 Å². The fourth-order valence-corrected chi connectivity index (χ4v) is 1.61. The van der Waals surface area contributed by atoms with E-state index in [1.54, 1.807) is 0 Å². The Balaban J connectivity index is 0.000000252. The lowest BCUT2D eigenvalue weighted by Gasteiger charge is -2.18. The lowest BCUT2D eigenvalue weighted by Crippen LogP contribution is -2.26. The summed E-state index contributed by atoms with van der Waals surface area (Å²) in [6, 6.07) is 0.775. The summed E-state index contributed by atoms with van der Waals surface area (Å²) in [6.45, 7) is 11.6. The second-order valence-corrected chi connectivity index (χ2v) is 4.19. The molecule has 1 aliphatic rings. The van der Waals surface area contributed by atoms with Gasteiger partial charge >= 0.3 is 0 Å². The average Bonchev–Trinajstić information content (AvgIpc) is 2.58. The first-order valence-electron chi connectivity index (χ1n) is 5.96. The maximum Gasteiger partial charge on any atom is 0.00385 e. The molecule has 0 aromatic heterocycles. The topological polar surface area (TPSA) is 3.24 Å². The minimum absolute atomic E-state index is 0.775. The lowest BCUT2D eigenvalue weighted by molar-refractivity contribution is 0.276. The molecular weight excluding hydrogens is 158 g/mol. The quantitative estimate of drug-likeness (QED) is 0.648. The molecule has 1 nitrogen and oxygen atoms in total. The van der Waals surface area contributed by atoms with E-state index < -0.39 is 0 Å². The van der Waals surface area contributed by atoms with Gasteiger partial charge in [0.15, 0.2) is 0 Å². The molecule has 0 unspecified atom stereocenters. The van der Waals surface area contributed by atoms with Crippen LogP contribution in [0.1, 0.15) is 59.8 Å². The van der Waals surface area contributed by atoms with E-state index in [1.165, 1.54) is 45.2 Å². The van der Waals surface area contributed by atoms with E-state index in [1.807, 2.05) is 0 Å². The summed E-state index contributed by atoms with van der Waals surface area (Å²) in [5, 5.41) is 0. The van der Waals surface area contributed by atoms with E-state index in [2.05, 4.69) is 32.6 Å². The third kappa shape index (κ3) is 7.06. The second-order valence-electron chi connectivity index (χ2n) is 4.19.